The first-order chi connectivity index (χ1) is 10.1. The van der Waals surface area contributed by atoms with Gasteiger partial charge in [0, 0.05) is 5.69 Å². The number of nitrogens with zero attached hydrogens (tertiary/aromatic N) is 1. The number of aromatic nitrogens is 2. The molecule has 1 heterocycles. The Morgan fingerprint density at radius 1 is 1.14 bits per heavy atom. The summed E-state index contributed by atoms with van der Waals surface area (Å²) >= 11 is 0. The average molecular weight is 279 g/mol. The van der Waals surface area contributed by atoms with Gasteiger partial charge in [0.05, 0.1) is 23.8 Å². The van der Waals surface area contributed by atoms with Crippen molar-refractivity contribution in [2.75, 3.05) is 5.32 Å². The van der Waals surface area contributed by atoms with Crippen molar-refractivity contribution in [3.05, 3.63) is 59.4 Å². The first-order valence-corrected chi connectivity index (χ1v) is 6.91. The molecule has 4 heteroatoms. The van der Waals surface area contributed by atoms with Crippen molar-refractivity contribution in [1.82, 2.24) is 9.97 Å². The molecule has 106 valence electrons. The van der Waals surface area contributed by atoms with Gasteiger partial charge in [0.15, 0.2) is 0 Å². The molecule has 0 spiro atoms. The van der Waals surface area contributed by atoms with E-state index in [-0.39, 0.29) is 5.91 Å². The predicted molar refractivity (Wildman–Crippen MR) is 84.3 cm³/mol. The van der Waals surface area contributed by atoms with Gasteiger partial charge in [0.2, 0.25) is 5.91 Å². The van der Waals surface area contributed by atoms with Crippen LogP contribution in [-0.4, -0.2) is 15.9 Å². The maximum absolute atomic E-state index is 12.1. The van der Waals surface area contributed by atoms with E-state index < -0.39 is 0 Å². The summed E-state index contributed by atoms with van der Waals surface area (Å²) in [6.07, 6.45) is 2.01. The highest BCUT2D eigenvalue weighted by Crippen LogP contribution is 2.16. The van der Waals surface area contributed by atoms with Gasteiger partial charge in [-0.05, 0) is 54.8 Å². The third-order valence-corrected chi connectivity index (χ3v) is 3.64. The minimum Gasteiger partial charge on any atom is -0.345 e. The summed E-state index contributed by atoms with van der Waals surface area (Å²) in [5.41, 5.74) is 6.06. The molecule has 4 nitrogen and oxygen atoms in total. The van der Waals surface area contributed by atoms with Gasteiger partial charge in [0.1, 0.15) is 0 Å². The number of nitrogens with one attached hydrogen (secondary N) is 2. The largest absolute Gasteiger partial charge is 0.345 e. The standard InChI is InChI=1S/C17H17N3O/c1-11-3-5-14(7-12(11)2)20-17(21)9-13-4-6-15-16(8-13)19-10-18-15/h3-8,10H,9H2,1-2H3,(H,18,19)(H,20,21). The molecule has 0 saturated carbocycles. The second kappa shape index (κ2) is 5.40. The molecule has 2 N–H and O–H groups in total. The number of amides is 1. The molecule has 2 aromatic carbocycles. The van der Waals surface area contributed by atoms with Crippen molar-refractivity contribution in [3.8, 4) is 0 Å². The number of rotatable bonds is 3. The van der Waals surface area contributed by atoms with Gasteiger partial charge in [-0.25, -0.2) is 4.98 Å². The molecule has 3 aromatic rings. The zero-order valence-corrected chi connectivity index (χ0v) is 12.1. The molecule has 0 aliphatic rings. The third kappa shape index (κ3) is 2.94. The molecule has 0 unspecified atom stereocenters. The number of fused-ring (bicyclic) bond motifs is 1. The molecule has 0 atom stereocenters. The Kier molecular flexibility index (Phi) is 3.44. The van der Waals surface area contributed by atoms with E-state index >= 15 is 0 Å². The number of benzene rings is 2. The zero-order valence-electron chi connectivity index (χ0n) is 12.1. The molecule has 0 aliphatic carbocycles. The highest BCUT2D eigenvalue weighted by atomic mass is 16.1. The molecule has 0 radical (unpaired) electrons. The lowest BCUT2D eigenvalue weighted by Gasteiger charge is -2.08. The van der Waals surface area contributed by atoms with Gasteiger partial charge in [0.25, 0.3) is 0 Å². The minimum absolute atomic E-state index is 0.0166. The van der Waals surface area contributed by atoms with E-state index in [1.54, 1.807) is 6.33 Å². The van der Waals surface area contributed by atoms with Crippen LogP contribution in [0.1, 0.15) is 16.7 Å². The van der Waals surface area contributed by atoms with Crippen molar-refractivity contribution in [2.24, 2.45) is 0 Å². The van der Waals surface area contributed by atoms with E-state index in [1.807, 2.05) is 43.3 Å². The highest BCUT2D eigenvalue weighted by Gasteiger charge is 2.06. The van der Waals surface area contributed by atoms with Crippen LogP contribution in [0.4, 0.5) is 5.69 Å². The molecule has 21 heavy (non-hydrogen) atoms. The summed E-state index contributed by atoms with van der Waals surface area (Å²) in [7, 11) is 0. The van der Waals surface area contributed by atoms with Crippen molar-refractivity contribution < 1.29 is 4.79 Å². The molecule has 0 aliphatic heterocycles. The number of imidazole rings is 1. The van der Waals surface area contributed by atoms with Gasteiger partial charge in [-0.3, -0.25) is 4.79 Å². The number of aromatic amines is 1. The minimum atomic E-state index is -0.0166. The van der Waals surface area contributed by atoms with Gasteiger partial charge in [-0.1, -0.05) is 12.1 Å². The fraction of sp³-hybridized carbons (Fsp3) is 0.176. The summed E-state index contributed by atoms with van der Waals surface area (Å²) in [5.74, 6) is -0.0166. The number of aryl methyl sites for hydroxylation is 2. The summed E-state index contributed by atoms with van der Waals surface area (Å²) < 4.78 is 0. The number of anilines is 1. The van der Waals surface area contributed by atoms with Crippen molar-refractivity contribution >= 4 is 22.6 Å². The van der Waals surface area contributed by atoms with Crippen LogP contribution in [0, 0.1) is 13.8 Å². The van der Waals surface area contributed by atoms with Crippen LogP contribution in [0.5, 0.6) is 0 Å². The maximum Gasteiger partial charge on any atom is 0.228 e. The zero-order chi connectivity index (χ0) is 14.8. The number of hydrogen-bond acceptors (Lipinski definition) is 2. The molecule has 1 aromatic heterocycles. The summed E-state index contributed by atoms with van der Waals surface area (Å²) in [4.78, 5) is 19.3. The molecular weight excluding hydrogens is 262 g/mol. The Morgan fingerprint density at radius 3 is 2.81 bits per heavy atom. The predicted octanol–water partition coefficient (Wildman–Crippen LogP) is 3.36. The van der Waals surface area contributed by atoms with Crippen molar-refractivity contribution in [2.45, 2.75) is 20.3 Å². The van der Waals surface area contributed by atoms with Crippen LogP contribution in [0.3, 0.4) is 0 Å². The van der Waals surface area contributed by atoms with Crippen LogP contribution < -0.4 is 5.32 Å². The number of hydrogen-bond donors (Lipinski definition) is 2. The molecular formula is C17H17N3O. The summed E-state index contributed by atoms with van der Waals surface area (Å²) in [5, 5.41) is 2.94. The lowest BCUT2D eigenvalue weighted by molar-refractivity contribution is -0.115. The average Bonchev–Trinajstić information content (AvgIpc) is 2.90. The fourth-order valence-corrected chi connectivity index (χ4v) is 2.30. The van der Waals surface area contributed by atoms with E-state index in [4.69, 9.17) is 0 Å². The Balaban J connectivity index is 1.71. The second-order valence-electron chi connectivity index (χ2n) is 5.28. The Morgan fingerprint density at radius 2 is 2.00 bits per heavy atom. The Hall–Kier alpha value is -2.62. The topological polar surface area (TPSA) is 57.8 Å². The Labute approximate surface area is 123 Å². The van der Waals surface area contributed by atoms with Crippen molar-refractivity contribution in [3.63, 3.8) is 0 Å². The van der Waals surface area contributed by atoms with E-state index in [1.165, 1.54) is 11.1 Å². The van der Waals surface area contributed by atoms with Crippen LogP contribution in [0.25, 0.3) is 11.0 Å². The van der Waals surface area contributed by atoms with Crippen molar-refractivity contribution in [1.29, 1.82) is 0 Å². The summed E-state index contributed by atoms with van der Waals surface area (Å²) in [6.45, 7) is 4.09. The van der Waals surface area contributed by atoms with E-state index in [9.17, 15) is 4.79 Å². The van der Waals surface area contributed by atoms with E-state index in [0.717, 1.165) is 22.3 Å². The van der Waals surface area contributed by atoms with Crippen LogP contribution in [0.2, 0.25) is 0 Å². The maximum atomic E-state index is 12.1. The first-order valence-electron chi connectivity index (χ1n) is 6.91. The number of H-pyrrole nitrogens is 1. The Bertz CT molecular complexity index is 805. The van der Waals surface area contributed by atoms with E-state index in [0.29, 0.717) is 6.42 Å². The van der Waals surface area contributed by atoms with Crippen LogP contribution >= 0.6 is 0 Å². The first kappa shape index (κ1) is 13.4. The lowest BCUT2D eigenvalue weighted by atomic mass is 10.1. The monoisotopic (exact) mass is 279 g/mol. The molecule has 0 fully saturated rings. The van der Waals surface area contributed by atoms with Crippen LogP contribution in [0.15, 0.2) is 42.7 Å². The van der Waals surface area contributed by atoms with Gasteiger partial charge < -0.3 is 10.3 Å². The summed E-state index contributed by atoms with van der Waals surface area (Å²) in [6, 6.07) is 11.8. The SMILES string of the molecule is Cc1ccc(NC(=O)Cc2ccc3nc[nH]c3c2)cc1C. The third-order valence-electron chi connectivity index (χ3n) is 3.64. The second-order valence-corrected chi connectivity index (χ2v) is 5.28. The molecule has 3 rings (SSSR count). The quantitative estimate of drug-likeness (QED) is 0.772. The molecule has 0 saturated heterocycles. The smallest absolute Gasteiger partial charge is 0.228 e. The highest BCUT2D eigenvalue weighted by molar-refractivity contribution is 5.93. The number of carbonyl (C=O) groups is 1. The van der Waals surface area contributed by atoms with E-state index in [2.05, 4.69) is 22.2 Å². The lowest BCUT2D eigenvalue weighted by Crippen LogP contribution is -2.14. The normalized spacial score (nSPS) is 10.8. The fourth-order valence-electron chi connectivity index (χ4n) is 2.30. The molecule has 0 bridgehead atoms. The number of carbonyl (C=O) groups excluding carboxylic acids is 1. The van der Waals surface area contributed by atoms with Gasteiger partial charge in [-0.2, -0.15) is 0 Å². The molecule has 1 amide bonds. The van der Waals surface area contributed by atoms with Gasteiger partial charge in [-0.15, -0.1) is 0 Å². The van der Waals surface area contributed by atoms with Gasteiger partial charge >= 0.3 is 0 Å². The van der Waals surface area contributed by atoms with Crippen LogP contribution in [-0.2, 0) is 11.2 Å².